The minimum Gasteiger partial charge on any atom is -0.317 e. The highest BCUT2D eigenvalue weighted by Crippen LogP contribution is 2.10. The van der Waals surface area contributed by atoms with Crippen molar-refractivity contribution in [2.75, 3.05) is 59.9 Å². The number of piperidine rings is 1. The molecule has 0 saturated carbocycles. The Morgan fingerprint density at radius 1 is 1.12 bits per heavy atom. The first-order chi connectivity index (χ1) is 8.25. The molecule has 0 spiro atoms. The molecule has 4 heteroatoms. The quantitative estimate of drug-likeness (QED) is 0.714. The SMILES string of the molecule is CN1CCN(C)C(CNCC2CCNCC2)C1. The molecular weight excluding hydrogens is 212 g/mol. The third-order valence-corrected chi connectivity index (χ3v) is 4.25. The van der Waals surface area contributed by atoms with E-state index in [1.54, 1.807) is 0 Å². The van der Waals surface area contributed by atoms with E-state index in [1.807, 2.05) is 0 Å². The van der Waals surface area contributed by atoms with Gasteiger partial charge < -0.3 is 15.5 Å². The summed E-state index contributed by atoms with van der Waals surface area (Å²) in [6, 6.07) is 0.690. The third kappa shape index (κ3) is 4.21. The number of nitrogens with one attached hydrogen (secondary N) is 2. The fraction of sp³-hybridized carbons (Fsp3) is 1.00. The van der Waals surface area contributed by atoms with Crippen molar-refractivity contribution >= 4 is 0 Å². The molecule has 2 rings (SSSR count). The van der Waals surface area contributed by atoms with E-state index in [1.165, 1.54) is 52.1 Å². The second kappa shape index (κ2) is 6.69. The van der Waals surface area contributed by atoms with Gasteiger partial charge >= 0.3 is 0 Å². The van der Waals surface area contributed by atoms with Crippen LogP contribution in [0, 0.1) is 5.92 Å². The monoisotopic (exact) mass is 240 g/mol. The average Bonchev–Trinajstić information content (AvgIpc) is 2.35. The summed E-state index contributed by atoms with van der Waals surface area (Å²) in [5, 5.41) is 7.10. The molecule has 0 aliphatic carbocycles. The van der Waals surface area contributed by atoms with Gasteiger partial charge in [0.2, 0.25) is 0 Å². The first kappa shape index (κ1) is 13.3. The normalized spacial score (nSPS) is 29.6. The highest BCUT2D eigenvalue weighted by atomic mass is 15.3. The molecule has 2 heterocycles. The number of hydrogen-bond donors (Lipinski definition) is 2. The smallest absolute Gasteiger partial charge is 0.0345 e. The maximum absolute atomic E-state index is 3.68. The maximum Gasteiger partial charge on any atom is 0.0345 e. The van der Waals surface area contributed by atoms with E-state index >= 15 is 0 Å². The molecule has 0 amide bonds. The predicted octanol–water partition coefficient (Wildman–Crippen LogP) is -0.179. The molecule has 2 aliphatic heterocycles. The van der Waals surface area contributed by atoms with E-state index < -0.39 is 0 Å². The Morgan fingerprint density at radius 3 is 2.65 bits per heavy atom. The first-order valence-corrected chi connectivity index (χ1v) is 7.06. The Hall–Kier alpha value is -0.160. The second-order valence-corrected chi connectivity index (χ2v) is 5.75. The Balaban J connectivity index is 1.63. The molecule has 0 aromatic carbocycles. The van der Waals surface area contributed by atoms with Crippen LogP contribution < -0.4 is 10.6 Å². The molecule has 17 heavy (non-hydrogen) atoms. The second-order valence-electron chi connectivity index (χ2n) is 5.75. The summed E-state index contributed by atoms with van der Waals surface area (Å²) < 4.78 is 0. The van der Waals surface area contributed by atoms with E-state index in [0.717, 1.165) is 12.5 Å². The standard InChI is InChI=1S/C13H28N4/c1-16-7-8-17(2)13(11-16)10-15-9-12-3-5-14-6-4-12/h12-15H,3-11H2,1-2H3. The molecule has 1 atom stereocenters. The van der Waals surface area contributed by atoms with E-state index in [0.29, 0.717) is 6.04 Å². The number of hydrogen-bond acceptors (Lipinski definition) is 4. The zero-order chi connectivity index (χ0) is 12.1. The summed E-state index contributed by atoms with van der Waals surface area (Å²) in [7, 11) is 4.48. The van der Waals surface area contributed by atoms with Gasteiger partial charge in [-0.3, -0.25) is 4.90 Å². The lowest BCUT2D eigenvalue weighted by Gasteiger charge is -2.38. The minimum absolute atomic E-state index is 0.690. The zero-order valence-electron chi connectivity index (χ0n) is 11.4. The molecule has 0 bridgehead atoms. The molecule has 1 unspecified atom stereocenters. The molecule has 4 nitrogen and oxygen atoms in total. The van der Waals surface area contributed by atoms with Crippen molar-refractivity contribution in [3.63, 3.8) is 0 Å². The van der Waals surface area contributed by atoms with Gasteiger partial charge in [-0.2, -0.15) is 0 Å². The van der Waals surface area contributed by atoms with E-state index in [2.05, 4.69) is 34.5 Å². The summed E-state index contributed by atoms with van der Waals surface area (Å²) in [6.07, 6.45) is 2.68. The summed E-state index contributed by atoms with van der Waals surface area (Å²) >= 11 is 0. The largest absolute Gasteiger partial charge is 0.317 e. The van der Waals surface area contributed by atoms with Crippen LogP contribution in [0.1, 0.15) is 12.8 Å². The van der Waals surface area contributed by atoms with Gasteiger partial charge in [-0.1, -0.05) is 0 Å². The highest BCUT2D eigenvalue weighted by Gasteiger charge is 2.22. The van der Waals surface area contributed by atoms with Crippen LogP contribution in [-0.2, 0) is 0 Å². The summed E-state index contributed by atoms with van der Waals surface area (Å²) in [6.45, 7) is 8.38. The van der Waals surface area contributed by atoms with Crippen LogP contribution in [0.5, 0.6) is 0 Å². The summed E-state index contributed by atoms with van der Waals surface area (Å²) in [4.78, 5) is 4.94. The van der Waals surface area contributed by atoms with Crippen molar-refractivity contribution in [3.8, 4) is 0 Å². The zero-order valence-corrected chi connectivity index (χ0v) is 11.4. The molecule has 2 fully saturated rings. The molecule has 2 saturated heterocycles. The van der Waals surface area contributed by atoms with Crippen LogP contribution in [0.25, 0.3) is 0 Å². The van der Waals surface area contributed by atoms with Crippen LogP contribution in [-0.4, -0.2) is 75.8 Å². The van der Waals surface area contributed by atoms with Crippen molar-refractivity contribution in [3.05, 3.63) is 0 Å². The molecule has 0 radical (unpaired) electrons. The van der Waals surface area contributed by atoms with Crippen molar-refractivity contribution < 1.29 is 0 Å². The highest BCUT2D eigenvalue weighted by molar-refractivity contribution is 4.81. The Kier molecular flexibility index (Phi) is 5.22. The molecule has 100 valence electrons. The molecule has 2 N–H and O–H groups in total. The number of likely N-dealkylation sites (N-methyl/N-ethyl adjacent to an activating group) is 2. The first-order valence-electron chi connectivity index (χ1n) is 7.06. The Bertz CT molecular complexity index is 215. The lowest BCUT2D eigenvalue weighted by molar-refractivity contribution is 0.112. The number of piperazine rings is 1. The van der Waals surface area contributed by atoms with Gasteiger partial charge in [-0.15, -0.1) is 0 Å². The van der Waals surface area contributed by atoms with E-state index in [-0.39, 0.29) is 0 Å². The van der Waals surface area contributed by atoms with Gasteiger partial charge in [0, 0.05) is 32.2 Å². The lowest BCUT2D eigenvalue weighted by atomic mass is 9.98. The van der Waals surface area contributed by atoms with Crippen LogP contribution in [0.2, 0.25) is 0 Å². The predicted molar refractivity (Wildman–Crippen MR) is 72.4 cm³/mol. The third-order valence-electron chi connectivity index (χ3n) is 4.25. The Morgan fingerprint density at radius 2 is 1.88 bits per heavy atom. The fourth-order valence-electron chi connectivity index (χ4n) is 2.86. The van der Waals surface area contributed by atoms with Gasteiger partial charge in [0.25, 0.3) is 0 Å². The molecular formula is C13H28N4. The fourth-order valence-corrected chi connectivity index (χ4v) is 2.86. The summed E-state index contributed by atoms with van der Waals surface area (Å²) in [5.41, 5.74) is 0. The van der Waals surface area contributed by atoms with E-state index in [9.17, 15) is 0 Å². The van der Waals surface area contributed by atoms with Gasteiger partial charge in [-0.05, 0) is 52.5 Å². The molecule has 0 aromatic rings. The average molecular weight is 240 g/mol. The van der Waals surface area contributed by atoms with Crippen molar-refractivity contribution in [2.45, 2.75) is 18.9 Å². The topological polar surface area (TPSA) is 30.5 Å². The number of nitrogens with zero attached hydrogens (tertiary/aromatic N) is 2. The van der Waals surface area contributed by atoms with Gasteiger partial charge in [0.05, 0.1) is 0 Å². The van der Waals surface area contributed by atoms with Crippen LogP contribution in [0.4, 0.5) is 0 Å². The Labute approximate surface area is 106 Å². The lowest BCUT2D eigenvalue weighted by Crippen LogP contribution is -2.54. The van der Waals surface area contributed by atoms with Crippen molar-refractivity contribution in [2.24, 2.45) is 5.92 Å². The van der Waals surface area contributed by atoms with Crippen LogP contribution >= 0.6 is 0 Å². The van der Waals surface area contributed by atoms with Crippen molar-refractivity contribution in [1.29, 1.82) is 0 Å². The van der Waals surface area contributed by atoms with Crippen LogP contribution in [0.3, 0.4) is 0 Å². The molecule has 2 aliphatic rings. The van der Waals surface area contributed by atoms with Gasteiger partial charge in [0.15, 0.2) is 0 Å². The molecule has 0 aromatic heterocycles. The van der Waals surface area contributed by atoms with Gasteiger partial charge in [-0.25, -0.2) is 0 Å². The number of rotatable bonds is 4. The maximum atomic E-state index is 3.68. The van der Waals surface area contributed by atoms with Gasteiger partial charge in [0.1, 0.15) is 0 Å². The minimum atomic E-state index is 0.690. The van der Waals surface area contributed by atoms with E-state index in [4.69, 9.17) is 0 Å². The van der Waals surface area contributed by atoms with Crippen molar-refractivity contribution in [1.82, 2.24) is 20.4 Å². The van der Waals surface area contributed by atoms with Crippen LogP contribution in [0.15, 0.2) is 0 Å². The summed E-state index contributed by atoms with van der Waals surface area (Å²) in [5.74, 6) is 0.892.